The van der Waals surface area contributed by atoms with Gasteiger partial charge in [0.05, 0.1) is 0 Å². The molecule has 0 saturated carbocycles. The lowest BCUT2D eigenvalue weighted by atomic mass is 10.1. The van der Waals surface area contributed by atoms with Crippen molar-refractivity contribution in [3.8, 4) is 0 Å². The van der Waals surface area contributed by atoms with Crippen molar-refractivity contribution in [1.82, 2.24) is 0 Å². The first-order chi connectivity index (χ1) is 40.0. The Morgan fingerprint density at radius 1 is 0.259 bits per heavy atom. The van der Waals surface area contributed by atoms with Gasteiger partial charge in [-0.1, -0.05) is 274 Å². The maximum atomic E-state index is 12.9. The summed E-state index contributed by atoms with van der Waals surface area (Å²) in [6.07, 6.45) is 99.5. The number of carbonyl (C=O) groups is 3. The van der Waals surface area contributed by atoms with Crippen molar-refractivity contribution in [3.63, 3.8) is 0 Å². The van der Waals surface area contributed by atoms with E-state index in [0.29, 0.717) is 19.3 Å². The molecule has 6 nitrogen and oxygen atoms in total. The summed E-state index contributed by atoms with van der Waals surface area (Å²) in [5, 5.41) is 0. The number of hydrogen-bond donors (Lipinski definition) is 0. The summed E-state index contributed by atoms with van der Waals surface area (Å²) in [4.78, 5) is 38.3. The Hall–Kier alpha value is -5.23. The standard InChI is InChI=1S/C75H118O6/c1-4-7-10-13-16-19-22-25-27-29-31-32-33-34-35-36-37-38-39-40-41-42-44-45-47-50-53-56-59-62-65-68-74(77)80-71-72(70-79-73(76)67-64-61-58-55-52-49-24-21-18-15-12-9-6-3)81-75(78)69-66-63-60-57-54-51-48-46-43-30-28-26-23-20-17-14-11-8-5-2/h7,9-10,12,16,18-19,21,25-28,31-32,34-35,37-38,40-41,44-45,49-50,52-53,58,61,72H,4-6,8,11,13-15,17,20,22-24,29-30,33,36,39,42-43,46-48,51,54-57,59-60,62-71H2,1-3H3/b10-7-,12-9-,19-16-,21-18-,27-25-,28-26-,32-31-,35-34-,38-37-,41-40-,45-44-,52-49-,53-50-,61-58-. The van der Waals surface area contributed by atoms with Crippen LogP contribution in [-0.4, -0.2) is 37.2 Å². The normalized spacial score (nSPS) is 13.3. The molecular weight excluding hydrogens is 997 g/mol. The highest BCUT2D eigenvalue weighted by Gasteiger charge is 2.19. The summed E-state index contributed by atoms with van der Waals surface area (Å²) < 4.78 is 16.8. The van der Waals surface area contributed by atoms with Crippen molar-refractivity contribution in [2.45, 2.75) is 271 Å². The Labute approximate surface area is 498 Å². The zero-order valence-corrected chi connectivity index (χ0v) is 52.0. The fourth-order valence-electron chi connectivity index (χ4n) is 8.38. The molecule has 81 heavy (non-hydrogen) atoms. The Morgan fingerprint density at radius 3 is 0.852 bits per heavy atom. The van der Waals surface area contributed by atoms with Gasteiger partial charge in [0.1, 0.15) is 13.2 Å². The van der Waals surface area contributed by atoms with Gasteiger partial charge in [-0.25, -0.2) is 0 Å². The average Bonchev–Trinajstić information content (AvgIpc) is 3.46. The fraction of sp³-hybridized carbons (Fsp3) is 0.587. The lowest BCUT2D eigenvalue weighted by Gasteiger charge is -2.18. The van der Waals surface area contributed by atoms with Crippen LogP contribution in [0.3, 0.4) is 0 Å². The first kappa shape index (κ1) is 75.8. The zero-order chi connectivity index (χ0) is 58.5. The van der Waals surface area contributed by atoms with Crippen LogP contribution in [0.1, 0.15) is 265 Å². The molecule has 0 heterocycles. The first-order valence-electron chi connectivity index (χ1n) is 32.6. The summed E-state index contributed by atoms with van der Waals surface area (Å²) >= 11 is 0. The van der Waals surface area contributed by atoms with E-state index in [4.69, 9.17) is 14.2 Å². The number of carbonyl (C=O) groups excluding carboxylic acids is 3. The molecule has 1 unspecified atom stereocenters. The summed E-state index contributed by atoms with van der Waals surface area (Å²) in [6, 6.07) is 0. The van der Waals surface area contributed by atoms with E-state index in [-0.39, 0.29) is 37.5 Å². The van der Waals surface area contributed by atoms with Crippen LogP contribution >= 0.6 is 0 Å². The van der Waals surface area contributed by atoms with E-state index >= 15 is 0 Å². The smallest absolute Gasteiger partial charge is 0.306 e. The van der Waals surface area contributed by atoms with Crippen LogP contribution in [0.15, 0.2) is 170 Å². The Bertz CT molecular complexity index is 1860. The third kappa shape index (κ3) is 65.5. The van der Waals surface area contributed by atoms with Crippen LogP contribution in [0.2, 0.25) is 0 Å². The first-order valence-corrected chi connectivity index (χ1v) is 32.6. The molecule has 0 radical (unpaired) electrons. The minimum atomic E-state index is -0.831. The second-order valence-corrected chi connectivity index (χ2v) is 20.9. The molecule has 0 rings (SSSR count). The van der Waals surface area contributed by atoms with Gasteiger partial charge in [0, 0.05) is 19.3 Å². The molecule has 0 aromatic heterocycles. The van der Waals surface area contributed by atoms with Gasteiger partial charge in [-0.2, -0.15) is 0 Å². The highest BCUT2D eigenvalue weighted by atomic mass is 16.6. The summed E-state index contributed by atoms with van der Waals surface area (Å²) in [5.41, 5.74) is 0. The van der Waals surface area contributed by atoms with Crippen molar-refractivity contribution in [2.75, 3.05) is 13.2 Å². The summed E-state index contributed by atoms with van der Waals surface area (Å²) in [7, 11) is 0. The predicted octanol–water partition coefficient (Wildman–Crippen LogP) is 22.7. The van der Waals surface area contributed by atoms with Crippen molar-refractivity contribution in [2.24, 2.45) is 0 Å². The van der Waals surface area contributed by atoms with Gasteiger partial charge >= 0.3 is 17.9 Å². The molecular formula is C75H118O6. The quantitative estimate of drug-likeness (QED) is 0.0261. The van der Waals surface area contributed by atoms with E-state index in [1.54, 1.807) is 0 Å². The summed E-state index contributed by atoms with van der Waals surface area (Å²) in [5.74, 6) is -1.04. The molecule has 0 spiro atoms. The largest absolute Gasteiger partial charge is 0.462 e. The number of esters is 3. The van der Waals surface area contributed by atoms with E-state index in [9.17, 15) is 14.4 Å². The molecule has 0 N–H and O–H groups in total. The van der Waals surface area contributed by atoms with Crippen LogP contribution in [-0.2, 0) is 28.6 Å². The highest BCUT2D eigenvalue weighted by molar-refractivity contribution is 5.71. The van der Waals surface area contributed by atoms with E-state index < -0.39 is 6.10 Å². The molecule has 0 amide bonds. The molecule has 0 fully saturated rings. The van der Waals surface area contributed by atoms with E-state index in [1.165, 1.54) is 89.9 Å². The number of ether oxygens (including phenoxy) is 3. The number of rotatable bonds is 57. The average molecular weight is 1120 g/mol. The van der Waals surface area contributed by atoms with Crippen molar-refractivity contribution in [1.29, 1.82) is 0 Å². The number of hydrogen-bond acceptors (Lipinski definition) is 6. The molecule has 0 saturated heterocycles. The zero-order valence-electron chi connectivity index (χ0n) is 52.0. The van der Waals surface area contributed by atoms with Gasteiger partial charge in [0.2, 0.25) is 0 Å². The lowest BCUT2D eigenvalue weighted by Crippen LogP contribution is -2.30. The molecule has 0 aliphatic heterocycles. The molecule has 0 aromatic carbocycles. The lowest BCUT2D eigenvalue weighted by molar-refractivity contribution is -0.166. The monoisotopic (exact) mass is 1110 g/mol. The van der Waals surface area contributed by atoms with Crippen LogP contribution in [0.4, 0.5) is 0 Å². The van der Waals surface area contributed by atoms with Crippen LogP contribution in [0, 0.1) is 0 Å². The Balaban J connectivity index is 4.45. The van der Waals surface area contributed by atoms with E-state index in [1.807, 2.05) is 12.2 Å². The predicted molar refractivity (Wildman–Crippen MR) is 352 cm³/mol. The van der Waals surface area contributed by atoms with Crippen molar-refractivity contribution in [3.05, 3.63) is 170 Å². The third-order valence-electron chi connectivity index (χ3n) is 13.2. The maximum Gasteiger partial charge on any atom is 0.306 e. The number of allylic oxidation sites excluding steroid dienone is 28. The molecule has 0 aliphatic rings. The maximum absolute atomic E-state index is 12.9. The third-order valence-corrected chi connectivity index (χ3v) is 13.2. The minimum Gasteiger partial charge on any atom is -0.462 e. The van der Waals surface area contributed by atoms with Gasteiger partial charge in [-0.15, -0.1) is 0 Å². The molecule has 0 aliphatic carbocycles. The topological polar surface area (TPSA) is 78.9 Å². The summed E-state index contributed by atoms with van der Waals surface area (Å²) in [6.45, 7) is 6.31. The SMILES string of the molecule is CC/C=C\C/C=C\C/C=C\C/C=C\C/C=C\C/C=C\C/C=C\C/C=C\C/C=C\CCCCCC(=O)OCC(COC(=O)CC/C=C\C/C=C\C/C=C\C/C=C\CC)OC(=O)CCCCCCCCCCC/C=C\CCCCCCCC. The Morgan fingerprint density at radius 2 is 0.506 bits per heavy atom. The molecule has 454 valence electrons. The van der Waals surface area contributed by atoms with Crippen LogP contribution in [0.5, 0.6) is 0 Å². The van der Waals surface area contributed by atoms with Crippen LogP contribution < -0.4 is 0 Å². The van der Waals surface area contributed by atoms with Gasteiger partial charge < -0.3 is 14.2 Å². The second-order valence-electron chi connectivity index (χ2n) is 20.9. The fourth-order valence-corrected chi connectivity index (χ4v) is 8.38. The molecule has 0 bridgehead atoms. The number of unbranched alkanes of at least 4 members (excludes halogenated alkanes) is 18. The van der Waals surface area contributed by atoms with Gasteiger partial charge in [-0.3, -0.25) is 14.4 Å². The van der Waals surface area contributed by atoms with Crippen LogP contribution in [0.25, 0.3) is 0 Å². The van der Waals surface area contributed by atoms with Crippen molar-refractivity contribution < 1.29 is 28.6 Å². The van der Waals surface area contributed by atoms with Crippen molar-refractivity contribution >= 4 is 17.9 Å². The Kier molecular flexibility index (Phi) is 62.9. The minimum absolute atomic E-state index is 0.125. The van der Waals surface area contributed by atoms with Gasteiger partial charge in [-0.05, 0) is 141 Å². The second kappa shape index (κ2) is 67.3. The van der Waals surface area contributed by atoms with E-state index in [2.05, 4.69) is 179 Å². The van der Waals surface area contributed by atoms with E-state index in [0.717, 1.165) is 128 Å². The van der Waals surface area contributed by atoms with Gasteiger partial charge in [0.15, 0.2) is 6.10 Å². The highest BCUT2D eigenvalue weighted by Crippen LogP contribution is 2.14. The molecule has 0 aromatic rings. The van der Waals surface area contributed by atoms with Gasteiger partial charge in [0.25, 0.3) is 0 Å². The molecule has 1 atom stereocenters. The molecule has 6 heteroatoms.